The van der Waals surface area contributed by atoms with Gasteiger partial charge in [0.25, 0.3) is 0 Å². The summed E-state index contributed by atoms with van der Waals surface area (Å²) in [6, 6.07) is 7.39. The van der Waals surface area contributed by atoms with Gasteiger partial charge in [-0.25, -0.2) is 9.97 Å². The minimum atomic E-state index is -0.355. The molecule has 2 N–H and O–H groups in total. The van der Waals surface area contributed by atoms with Crippen molar-refractivity contribution in [3.63, 3.8) is 0 Å². The van der Waals surface area contributed by atoms with Crippen LogP contribution in [0.1, 0.15) is 35.7 Å². The zero-order chi connectivity index (χ0) is 30.3. The number of benzene rings is 1. The van der Waals surface area contributed by atoms with Crippen LogP contribution in [0.15, 0.2) is 48.9 Å². The lowest BCUT2D eigenvalue weighted by Crippen LogP contribution is -2.54. The molecule has 0 spiro atoms. The number of aromatic nitrogens is 3. The second kappa shape index (κ2) is 13.9. The van der Waals surface area contributed by atoms with Crippen LogP contribution in [0, 0.1) is 6.92 Å². The van der Waals surface area contributed by atoms with Gasteiger partial charge in [-0.3, -0.25) is 19.5 Å². The zero-order valence-electron chi connectivity index (χ0n) is 25.2. The third kappa shape index (κ3) is 7.24. The number of rotatable bonds is 12. The molecular formula is C32H39N7O4. The second-order valence-electron chi connectivity index (χ2n) is 10.9. The molecule has 3 aromatic rings. The van der Waals surface area contributed by atoms with Gasteiger partial charge in [0.1, 0.15) is 18.4 Å². The van der Waals surface area contributed by atoms with Crippen LogP contribution in [0.5, 0.6) is 5.75 Å². The molecule has 5 rings (SSSR count). The normalized spacial score (nSPS) is 15.9. The van der Waals surface area contributed by atoms with Crippen LogP contribution < -0.4 is 15.4 Å². The molecule has 11 heteroatoms. The molecule has 0 saturated carbocycles. The maximum atomic E-state index is 13.5. The number of fused-ring (bicyclic) bond motifs is 1. The Morgan fingerprint density at radius 2 is 1.93 bits per heavy atom. The van der Waals surface area contributed by atoms with Gasteiger partial charge in [-0.1, -0.05) is 25.1 Å². The van der Waals surface area contributed by atoms with Crippen LogP contribution in [0.2, 0.25) is 0 Å². The number of amides is 1. The summed E-state index contributed by atoms with van der Waals surface area (Å²) in [6.45, 7) is 7.63. The average molecular weight is 586 g/mol. The first-order valence-electron chi connectivity index (χ1n) is 14.6. The third-order valence-corrected chi connectivity index (χ3v) is 7.83. The molecule has 0 radical (unpaired) electrons. The molecule has 226 valence electrons. The Morgan fingerprint density at radius 3 is 2.70 bits per heavy atom. The fourth-order valence-corrected chi connectivity index (χ4v) is 5.30. The summed E-state index contributed by atoms with van der Waals surface area (Å²) in [4.78, 5) is 43.1. The van der Waals surface area contributed by atoms with E-state index in [9.17, 15) is 9.59 Å². The SMILES string of the molecule is CCC(=O)COc1cncc(Nc2ncc(C)c(C3=CCc4c(NC(=O)[C@@H](COC)N5CCN(C)CC5)cccc43)n2)c1. The lowest BCUT2D eigenvalue weighted by Gasteiger charge is -2.36. The van der Waals surface area contributed by atoms with Gasteiger partial charge >= 0.3 is 0 Å². The van der Waals surface area contributed by atoms with Crippen molar-refractivity contribution in [3.05, 3.63) is 71.3 Å². The van der Waals surface area contributed by atoms with Gasteiger partial charge in [-0.2, -0.15) is 0 Å². The summed E-state index contributed by atoms with van der Waals surface area (Å²) in [7, 11) is 3.74. The summed E-state index contributed by atoms with van der Waals surface area (Å²) in [5.74, 6) is 0.860. The van der Waals surface area contributed by atoms with Crippen molar-refractivity contribution >= 4 is 34.6 Å². The van der Waals surface area contributed by atoms with Gasteiger partial charge in [0.15, 0.2) is 5.78 Å². The molecule has 1 saturated heterocycles. The Bertz CT molecular complexity index is 1500. The number of aryl methyl sites for hydroxylation is 1. The van der Waals surface area contributed by atoms with Crippen LogP contribution in [0.4, 0.5) is 17.3 Å². The number of methoxy groups -OCH3 is 1. The quantitative estimate of drug-likeness (QED) is 0.327. The highest BCUT2D eigenvalue weighted by Crippen LogP contribution is 2.37. The smallest absolute Gasteiger partial charge is 0.244 e. The Kier molecular flexibility index (Phi) is 9.75. The van der Waals surface area contributed by atoms with Crippen molar-refractivity contribution in [3.8, 4) is 5.75 Å². The first-order chi connectivity index (χ1) is 20.9. The van der Waals surface area contributed by atoms with Crippen LogP contribution in [0.3, 0.4) is 0 Å². The number of carbonyl (C=O) groups is 2. The molecule has 2 aromatic heterocycles. The lowest BCUT2D eigenvalue weighted by atomic mass is 9.99. The van der Waals surface area contributed by atoms with Crippen LogP contribution in [-0.2, 0) is 20.7 Å². The molecule has 1 amide bonds. The van der Waals surface area contributed by atoms with Crippen LogP contribution in [-0.4, -0.2) is 96.0 Å². The first-order valence-corrected chi connectivity index (χ1v) is 14.6. The number of carbonyl (C=O) groups excluding carboxylic acids is 2. The van der Waals surface area contributed by atoms with Crippen molar-refractivity contribution in [1.29, 1.82) is 0 Å². The minimum Gasteiger partial charge on any atom is -0.484 e. The number of allylic oxidation sites excluding steroid dienone is 1. The fraction of sp³-hybridized carbons (Fsp3) is 0.406. The molecular weight excluding hydrogens is 546 g/mol. The topological polar surface area (TPSA) is 122 Å². The highest BCUT2D eigenvalue weighted by Gasteiger charge is 2.30. The second-order valence-corrected chi connectivity index (χ2v) is 10.9. The molecule has 3 heterocycles. The number of ketones is 1. The molecule has 2 aliphatic rings. The van der Waals surface area contributed by atoms with E-state index in [1.165, 1.54) is 0 Å². The largest absolute Gasteiger partial charge is 0.484 e. The average Bonchev–Trinajstić information content (AvgIpc) is 3.45. The van der Waals surface area contributed by atoms with E-state index < -0.39 is 0 Å². The van der Waals surface area contributed by atoms with Crippen molar-refractivity contribution in [2.75, 3.05) is 64.2 Å². The zero-order valence-corrected chi connectivity index (χ0v) is 25.2. The van der Waals surface area contributed by atoms with Crippen molar-refractivity contribution < 1.29 is 19.1 Å². The summed E-state index contributed by atoms with van der Waals surface area (Å²) in [6.07, 6.45) is 8.24. The van der Waals surface area contributed by atoms with Crippen molar-refractivity contribution in [1.82, 2.24) is 24.8 Å². The number of nitrogens with zero attached hydrogens (tertiary/aromatic N) is 5. The van der Waals surface area contributed by atoms with Crippen LogP contribution >= 0.6 is 0 Å². The molecule has 1 aliphatic heterocycles. The van der Waals surface area contributed by atoms with Gasteiger partial charge in [-0.05, 0) is 43.1 Å². The van der Waals surface area contributed by atoms with E-state index in [4.69, 9.17) is 14.5 Å². The van der Waals surface area contributed by atoms with E-state index in [1.807, 2.05) is 19.1 Å². The van der Waals surface area contributed by atoms with Gasteiger partial charge in [0.05, 0.1) is 30.4 Å². The third-order valence-electron chi connectivity index (χ3n) is 7.83. The van der Waals surface area contributed by atoms with E-state index in [-0.39, 0.29) is 24.3 Å². The number of nitrogens with one attached hydrogen (secondary N) is 2. The monoisotopic (exact) mass is 585 g/mol. The molecule has 1 atom stereocenters. The molecule has 1 aromatic carbocycles. The number of hydrogen-bond acceptors (Lipinski definition) is 10. The first kappa shape index (κ1) is 30.3. The highest BCUT2D eigenvalue weighted by molar-refractivity contribution is 5.97. The number of hydrogen-bond donors (Lipinski definition) is 2. The van der Waals surface area contributed by atoms with Crippen molar-refractivity contribution in [2.24, 2.45) is 0 Å². The maximum Gasteiger partial charge on any atom is 0.244 e. The predicted octanol–water partition coefficient (Wildman–Crippen LogP) is 3.47. The summed E-state index contributed by atoms with van der Waals surface area (Å²) >= 11 is 0. The van der Waals surface area contributed by atoms with Gasteiger partial charge in [0, 0.05) is 63.2 Å². The van der Waals surface area contributed by atoms with E-state index in [0.29, 0.717) is 36.8 Å². The minimum absolute atomic E-state index is 0.00567. The lowest BCUT2D eigenvalue weighted by molar-refractivity contribution is -0.124. The Labute approximate surface area is 252 Å². The number of ether oxygens (including phenoxy) is 2. The molecule has 0 bridgehead atoms. The van der Waals surface area contributed by atoms with Gasteiger partial charge in [-0.15, -0.1) is 0 Å². The van der Waals surface area contributed by atoms with E-state index in [2.05, 4.69) is 49.6 Å². The summed E-state index contributed by atoms with van der Waals surface area (Å²) in [5, 5.41) is 6.40. The van der Waals surface area contributed by atoms with Crippen molar-refractivity contribution in [2.45, 2.75) is 32.7 Å². The fourth-order valence-electron chi connectivity index (χ4n) is 5.30. The number of anilines is 3. The van der Waals surface area contributed by atoms with Gasteiger partial charge < -0.3 is 25.0 Å². The molecule has 11 nitrogen and oxygen atoms in total. The highest BCUT2D eigenvalue weighted by atomic mass is 16.5. The standard InChI is InChI=1S/C32H39N7O4/c1-5-23(40)19-43-24-15-22(17-33-18-24)35-32-34-16-21(2)30(37-32)27-10-9-26-25(27)7-6-8-28(26)36-31(41)29(20-42-4)39-13-11-38(3)12-14-39/h6-8,10,15-18,29H,5,9,11-14,19-20H2,1-4H3,(H,36,41)(H,34,35,37)/t29-/m1/s1. The number of pyridine rings is 1. The number of likely N-dealkylation sites (N-methyl/N-ethyl adjacent to an activating group) is 1. The molecule has 43 heavy (non-hydrogen) atoms. The molecule has 0 unspecified atom stereocenters. The van der Waals surface area contributed by atoms with E-state index in [1.54, 1.807) is 38.7 Å². The number of piperazine rings is 1. The van der Waals surface area contributed by atoms with E-state index in [0.717, 1.165) is 59.8 Å². The summed E-state index contributed by atoms with van der Waals surface area (Å²) < 4.78 is 11.0. The molecule has 1 fully saturated rings. The Hall–Kier alpha value is -4.19. The maximum absolute atomic E-state index is 13.5. The Balaban J connectivity index is 1.32. The molecule has 1 aliphatic carbocycles. The van der Waals surface area contributed by atoms with Crippen LogP contribution in [0.25, 0.3) is 5.57 Å². The Morgan fingerprint density at radius 1 is 1.12 bits per heavy atom. The number of Topliss-reactive ketones (excluding diaryl/α,β-unsaturated/α-hetero) is 1. The van der Waals surface area contributed by atoms with E-state index >= 15 is 0 Å². The summed E-state index contributed by atoms with van der Waals surface area (Å²) in [5.41, 5.74) is 6.28. The predicted molar refractivity (Wildman–Crippen MR) is 166 cm³/mol. The van der Waals surface area contributed by atoms with Gasteiger partial charge in [0.2, 0.25) is 11.9 Å².